The van der Waals surface area contributed by atoms with Crippen molar-refractivity contribution in [1.29, 1.82) is 0 Å². The van der Waals surface area contributed by atoms with E-state index in [1.165, 1.54) is 18.2 Å². The minimum atomic E-state index is -0.743. The monoisotopic (exact) mass is 494 g/mol. The van der Waals surface area contributed by atoms with Crippen molar-refractivity contribution in [3.8, 4) is 0 Å². The molecule has 35 heavy (non-hydrogen) atoms. The Hall–Kier alpha value is -3.42. The minimum absolute atomic E-state index is 0.0248. The van der Waals surface area contributed by atoms with Gasteiger partial charge in [0.2, 0.25) is 11.8 Å². The van der Waals surface area contributed by atoms with Crippen LogP contribution in [0.5, 0.6) is 0 Å². The summed E-state index contributed by atoms with van der Waals surface area (Å²) in [6, 6.07) is 17.9. The van der Waals surface area contributed by atoms with Crippen molar-refractivity contribution in [1.82, 2.24) is 20.5 Å². The van der Waals surface area contributed by atoms with Gasteiger partial charge in [-0.05, 0) is 50.0 Å². The molecule has 182 valence electrons. The third-order valence-electron chi connectivity index (χ3n) is 5.98. The summed E-state index contributed by atoms with van der Waals surface area (Å²) in [5, 5.41) is 8.17. The third-order valence-corrected chi connectivity index (χ3v) is 6.22. The maximum Gasteiger partial charge on any atom is 0.228 e. The first-order chi connectivity index (χ1) is 16.8. The first kappa shape index (κ1) is 24.7. The fourth-order valence-electron chi connectivity index (χ4n) is 4.11. The van der Waals surface area contributed by atoms with E-state index in [9.17, 15) is 14.0 Å². The van der Waals surface area contributed by atoms with Crippen LogP contribution in [-0.2, 0) is 16.1 Å². The van der Waals surface area contributed by atoms with Crippen molar-refractivity contribution >= 4 is 45.2 Å². The smallest absolute Gasteiger partial charge is 0.228 e. The molecule has 0 saturated heterocycles. The van der Waals surface area contributed by atoms with Crippen LogP contribution in [-0.4, -0.2) is 48.9 Å². The first-order valence-corrected chi connectivity index (χ1v) is 11.8. The lowest BCUT2D eigenvalue weighted by molar-refractivity contribution is -0.128. The van der Waals surface area contributed by atoms with Crippen LogP contribution in [0.4, 0.5) is 4.39 Å². The number of para-hydroxylation sites is 1. The molecule has 2 amide bonds. The van der Waals surface area contributed by atoms with Crippen molar-refractivity contribution in [2.24, 2.45) is 0 Å². The van der Waals surface area contributed by atoms with E-state index in [1.807, 2.05) is 61.5 Å². The molecule has 3 aromatic carbocycles. The van der Waals surface area contributed by atoms with Crippen molar-refractivity contribution in [2.75, 3.05) is 27.2 Å². The van der Waals surface area contributed by atoms with Gasteiger partial charge in [0.25, 0.3) is 0 Å². The number of nitrogens with zero attached hydrogens (tertiary/aromatic N) is 1. The molecule has 1 atom stereocenters. The fourth-order valence-corrected chi connectivity index (χ4v) is 4.31. The van der Waals surface area contributed by atoms with E-state index < -0.39 is 11.7 Å². The summed E-state index contributed by atoms with van der Waals surface area (Å²) in [7, 11) is 3.85. The standard InChI is InChI=1S/C27H28ClFN4O2/c1-33(2)12-11-30-26(34)15-22(27(35)31-16-18-13-19(28)8-10-23(18)29)17-7-9-21-20-5-3-4-6-24(20)32-25(21)14-17/h3-10,13-14,22,32H,11-12,15-16H2,1-2H3,(H,30,34)(H,31,35). The molecular formula is C27H28ClFN4O2. The van der Waals surface area contributed by atoms with Crippen LogP contribution in [0.1, 0.15) is 23.5 Å². The van der Waals surface area contributed by atoms with Gasteiger partial charge in [0.05, 0.1) is 5.92 Å². The van der Waals surface area contributed by atoms with E-state index in [2.05, 4.69) is 15.6 Å². The number of amides is 2. The van der Waals surface area contributed by atoms with Gasteiger partial charge < -0.3 is 20.5 Å². The number of likely N-dealkylation sites (N-methyl/N-ethyl adjacent to an activating group) is 1. The predicted octanol–water partition coefficient (Wildman–Crippen LogP) is 4.58. The highest BCUT2D eigenvalue weighted by Crippen LogP contribution is 2.29. The summed E-state index contributed by atoms with van der Waals surface area (Å²) in [6.45, 7) is 1.14. The Morgan fingerprint density at radius 1 is 1.00 bits per heavy atom. The molecular weight excluding hydrogens is 467 g/mol. The molecule has 0 saturated carbocycles. The zero-order valence-electron chi connectivity index (χ0n) is 19.7. The highest BCUT2D eigenvalue weighted by atomic mass is 35.5. The number of aromatic nitrogens is 1. The van der Waals surface area contributed by atoms with Crippen LogP contribution in [0, 0.1) is 5.82 Å². The summed E-state index contributed by atoms with van der Waals surface area (Å²) < 4.78 is 14.2. The molecule has 0 aliphatic rings. The fraction of sp³-hybridized carbons (Fsp3) is 0.259. The summed E-state index contributed by atoms with van der Waals surface area (Å²) in [5.74, 6) is -1.78. The molecule has 6 nitrogen and oxygen atoms in total. The Labute approximate surface area is 208 Å². The topological polar surface area (TPSA) is 77.2 Å². The number of carbonyl (C=O) groups excluding carboxylic acids is 2. The number of carbonyl (C=O) groups is 2. The summed E-state index contributed by atoms with van der Waals surface area (Å²) >= 11 is 5.98. The molecule has 1 unspecified atom stereocenters. The van der Waals surface area contributed by atoms with Gasteiger partial charge in [0.15, 0.2) is 0 Å². The molecule has 0 aliphatic heterocycles. The van der Waals surface area contributed by atoms with Crippen molar-refractivity contribution < 1.29 is 14.0 Å². The molecule has 0 spiro atoms. The lowest BCUT2D eigenvalue weighted by atomic mass is 9.93. The zero-order valence-corrected chi connectivity index (χ0v) is 20.5. The number of rotatable bonds is 9. The van der Waals surface area contributed by atoms with Crippen LogP contribution < -0.4 is 10.6 Å². The number of hydrogen-bond donors (Lipinski definition) is 3. The van der Waals surface area contributed by atoms with E-state index in [0.717, 1.165) is 21.8 Å². The summed E-state index contributed by atoms with van der Waals surface area (Å²) in [6.07, 6.45) is -0.0248. The number of hydrogen-bond acceptors (Lipinski definition) is 3. The number of benzene rings is 3. The van der Waals surface area contributed by atoms with Crippen LogP contribution in [0.15, 0.2) is 60.7 Å². The van der Waals surface area contributed by atoms with E-state index in [-0.39, 0.29) is 30.3 Å². The van der Waals surface area contributed by atoms with E-state index in [0.29, 0.717) is 23.7 Å². The number of aromatic amines is 1. The highest BCUT2D eigenvalue weighted by Gasteiger charge is 2.25. The highest BCUT2D eigenvalue weighted by molar-refractivity contribution is 6.30. The second kappa shape index (κ2) is 10.9. The number of H-pyrrole nitrogens is 1. The Kier molecular flexibility index (Phi) is 7.68. The van der Waals surface area contributed by atoms with Gasteiger partial charge in [0, 0.05) is 58.4 Å². The van der Waals surface area contributed by atoms with Crippen molar-refractivity contribution in [2.45, 2.75) is 18.9 Å². The molecule has 0 fully saturated rings. The maximum atomic E-state index is 14.2. The molecule has 1 aromatic heterocycles. The van der Waals surface area contributed by atoms with Gasteiger partial charge in [-0.3, -0.25) is 9.59 Å². The van der Waals surface area contributed by atoms with Crippen LogP contribution in [0.3, 0.4) is 0 Å². The van der Waals surface area contributed by atoms with Gasteiger partial charge in [-0.25, -0.2) is 4.39 Å². The van der Waals surface area contributed by atoms with Crippen molar-refractivity contribution in [3.63, 3.8) is 0 Å². The Morgan fingerprint density at radius 2 is 1.77 bits per heavy atom. The molecule has 4 aromatic rings. The Bertz CT molecular complexity index is 1370. The Morgan fingerprint density at radius 3 is 2.57 bits per heavy atom. The number of nitrogens with one attached hydrogen (secondary N) is 3. The molecule has 0 bridgehead atoms. The van der Waals surface area contributed by atoms with Gasteiger partial charge >= 0.3 is 0 Å². The number of halogens is 2. The average Bonchev–Trinajstić information content (AvgIpc) is 3.20. The van der Waals surface area contributed by atoms with E-state index in [1.54, 1.807) is 0 Å². The van der Waals surface area contributed by atoms with E-state index in [4.69, 9.17) is 11.6 Å². The lowest BCUT2D eigenvalue weighted by Crippen LogP contribution is -2.36. The third kappa shape index (κ3) is 5.99. The first-order valence-electron chi connectivity index (χ1n) is 11.5. The molecule has 1 heterocycles. The van der Waals surface area contributed by atoms with Gasteiger partial charge in [-0.1, -0.05) is 41.9 Å². The van der Waals surface area contributed by atoms with Crippen LogP contribution in [0.2, 0.25) is 5.02 Å². The largest absolute Gasteiger partial charge is 0.355 e. The molecule has 8 heteroatoms. The van der Waals surface area contributed by atoms with Crippen LogP contribution in [0.25, 0.3) is 21.8 Å². The van der Waals surface area contributed by atoms with Crippen LogP contribution >= 0.6 is 11.6 Å². The molecule has 0 radical (unpaired) electrons. The van der Waals surface area contributed by atoms with Crippen molar-refractivity contribution in [3.05, 3.63) is 82.6 Å². The quantitative estimate of drug-likeness (QED) is 0.319. The SMILES string of the molecule is CN(C)CCNC(=O)CC(C(=O)NCc1cc(Cl)ccc1F)c1ccc2c(c1)[nH]c1ccccc12. The lowest BCUT2D eigenvalue weighted by Gasteiger charge is -2.18. The predicted molar refractivity (Wildman–Crippen MR) is 138 cm³/mol. The van der Waals surface area contributed by atoms with Gasteiger partial charge in [-0.15, -0.1) is 0 Å². The molecule has 0 aliphatic carbocycles. The minimum Gasteiger partial charge on any atom is -0.355 e. The zero-order chi connectivity index (χ0) is 24.9. The van der Waals surface area contributed by atoms with E-state index >= 15 is 0 Å². The normalized spacial score (nSPS) is 12.3. The summed E-state index contributed by atoms with van der Waals surface area (Å²) in [5.41, 5.74) is 2.87. The van der Waals surface area contributed by atoms with Gasteiger partial charge in [0.1, 0.15) is 5.82 Å². The maximum absolute atomic E-state index is 14.2. The van der Waals surface area contributed by atoms with Gasteiger partial charge in [-0.2, -0.15) is 0 Å². The average molecular weight is 495 g/mol. The second-order valence-electron chi connectivity index (χ2n) is 8.84. The number of fused-ring (bicyclic) bond motifs is 3. The summed E-state index contributed by atoms with van der Waals surface area (Å²) in [4.78, 5) is 31.3. The molecule has 3 N–H and O–H groups in total. The second-order valence-corrected chi connectivity index (χ2v) is 9.28. The molecule has 4 rings (SSSR count). The Balaban J connectivity index is 1.58.